The molecule has 4 heteroatoms. The predicted molar refractivity (Wildman–Crippen MR) is 66.4 cm³/mol. The number of rotatable bonds is 4. The Balaban J connectivity index is 1.81. The lowest BCUT2D eigenvalue weighted by Gasteiger charge is -2.22. The first-order valence-electron chi connectivity index (χ1n) is 6.30. The van der Waals surface area contributed by atoms with Crippen molar-refractivity contribution in [2.75, 3.05) is 13.2 Å². The van der Waals surface area contributed by atoms with E-state index in [1.54, 1.807) is 12.1 Å². The lowest BCUT2D eigenvalue weighted by molar-refractivity contribution is 0.0168. The highest BCUT2D eigenvalue weighted by Gasteiger charge is 2.12. The molecule has 1 aliphatic heterocycles. The van der Waals surface area contributed by atoms with Gasteiger partial charge in [-0.1, -0.05) is 6.07 Å². The summed E-state index contributed by atoms with van der Waals surface area (Å²) in [4.78, 5) is 0. The Kier molecular flexibility index (Phi) is 4.68. The van der Waals surface area contributed by atoms with Crippen LogP contribution in [-0.2, 0) is 11.3 Å². The summed E-state index contributed by atoms with van der Waals surface area (Å²) in [6.45, 7) is 2.29. The zero-order valence-corrected chi connectivity index (χ0v) is 10.3. The summed E-state index contributed by atoms with van der Waals surface area (Å²) in [5.74, 6) is -0.461. The fourth-order valence-electron chi connectivity index (χ4n) is 2.11. The van der Waals surface area contributed by atoms with Gasteiger partial charge in [-0.3, -0.25) is 0 Å². The van der Waals surface area contributed by atoms with Crippen LogP contribution in [0.5, 0.6) is 0 Å². The molecular weight excluding hydrogens is 231 g/mol. The molecule has 2 rings (SSSR count). The van der Waals surface area contributed by atoms with Gasteiger partial charge in [-0.25, -0.2) is 4.39 Å². The van der Waals surface area contributed by atoms with E-state index in [0.29, 0.717) is 6.54 Å². The maximum atomic E-state index is 13.1. The number of benzene rings is 1. The number of hydrogen-bond acceptors (Lipinski definition) is 3. The highest BCUT2D eigenvalue weighted by atomic mass is 19.1. The molecule has 0 radical (unpaired) electrons. The van der Waals surface area contributed by atoms with Gasteiger partial charge in [0.2, 0.25) is 0 Å². The smallest absolute Gasteiger partial charge is 0.140 e. The molecule has 1 aliphatic rings. The molecule has 1 atom stereocenters. The average molecular weight is 248 g/mol. The molecule has 18 heavy (non-hydrogen) atoms. The molecule has 0 amide bonds. The van der Waals surface area contributed by atoms with E-state index in [4.69, 9.17) is 10.00 Å². The Morgan fingerprint density at radius 3 is 3.06 bits per heavy atom. The highest BCUT2D eigenvalue weighted by molar-refractivity contribution is 5.34. The van der Waals surface area contributed by atoms with Crippen LogP contribution in [0, 0.1) is 17.1 Å². The Morgan fingerprint density at radius 1 is 1.44 bits per heavy atom. The molecule has 0 spiro atoms. The Morgan fingerprint density at radius 2 is 2.33 bits per heavy atom. The van der Waals surface area contributed by atoms with E-state index < -0.39 is 5.82 Å². The minimum atomic E-state index is -0.461. The highest BCUT2D eigenvalue weighted by Crippen LogP contribution is 2.12. The van der Waals surface area contributed by atoms with E-state index in [0.717, 1.165) is 31.6 Å². The number of nitrogens with one attached hydrogen (secondary N) is 1. The van der Waals surface area contributed by atoms with Gasteiger partial charge in [-0.15, -0.1) is 0 Å². The van der Waals surface area contributed by atoms with Crippen LogP contribution < -0.4 is 5.32 Å². The molecule has 0 saturated carbocycles. The van der Waals surface area contributed by atoms with E-state index >= 15 is 0 Å². The monoisotopic (exact) mass is 248 g/mol. The summed E-state index contributed by atoms with van der Waals surface area (Å²) in [6, 6.07) is 6.47. The predicted octanol–water partition coefficient (Wildman–Crippen LogP) is 2.36. The molecule has 1 unspecified atom stereocenters. The van der Waals surface area contributed by atoms with Crippen LogP contribution >= 0.6 is 0 Å². The lowest BCUT2D eigenvalue weighted by Crippen LogP contribution is -2.31. The van der Waals surface area contributed by atoms with Gasteiger partial charge in [0.25, 0.3) is 0 Å². The molecule has 1 fully saturated rings. The number of hydrogen-bond donors (Lipinski definition) is 1. The molecule has 3 nitrogen and oxygen atoms in total. The molecule has 0 aliphatic carbocycles. The number of nitrogens with zero attached hydrogens (tertiary/aromatic N) is 1. The molecule has 1 N–H and O–H groups in total. The molecule has 1 saturated heterocycles. The molecule has 1 heterocycles. The summed E-state index contributed by atoms with van der Waals surface area (Å²) >= 11 is 0. The fraction of sp³-hybridized carbons (Fsp3) is 0.500. The van der Waals surface area contributed by atoms with Crippen molar-refractivity contribution in [1.29, 1.82) is 5.26 Å². The van der Waals surface area contributed by atoms with Crippen LogP contribution in [-0.4, -0.2) is 19.3 Å². The zero-order valence-electron chi connectivity index (χ0n) is 10.3. The SMILES string of the molecule is N#Cc1cc(CNCC2CCCCO2)ccc1F. The van der Waals surface area contributed by atoms with Crippen molar-refractivity contribution in [3.05, 3.63) is 35.1 Å². The van der Waals surface area contributed by atoms with Crippen molar-refractivity contribution in [2.45, 2.75) is 31.9 Å². The van der Waals surface area contributed by atoms with E-state index in [1.165, 1.54) is 12.5 Å². The largest absolute Gasteiger partial charge is 0.377 e. The second-order valence-electron chi connectivity index (χ2n) is 4.55. The standard InChI is InChI=1S/C14H17FN2O/c15-14-5-4-11(7-12(14)8-16)9-17-10-13-3-1-2-6-18-13/h4-5,7,13,17H,1-3,6,9-10H2. The number of ether oxygens (including phenoxy) is 1. The average Bonchev–Trinajstić information content (AvgIpc) is 2.42. The first kappa shape index (κ1) is 13.0. The summed E-state index contributed by atoms with van der Waals surface area (Å²) in [5, 5.41) is 12.0. The van der Waals surface area contributed by atoms with E-state index in [1.807, 2.05) is 6.07 Å². The molecule has 96 valence electrons. The third kappa shape index (κ3) is 3.52. The second-order valence-corrected chi connectivity index (χ2v) is 4.55. The van der Waals surface area contributed by atoms with Gasteiger partial charge in [0, 0.05) is 19.7 Å². The quantitative estimate of drug-likeness (QED) is 0.889. The van der Waals surface area contributed by atoms with Gasteiger partial charge in [-0.05, 0) is 37.0 Å². The third-order valence-electron chi connectivity index (χ3n) is 3.13. The van der Waals surface area contributed by atoms with Crippen LogP contribution in [0.15, 0.2) is 18.2 Å². The maximum Gasteiger partial charge on any atom is 0.140 e. The topological polar surface area (TPSA) is 45.0 Å². The van der Waals surface area contributed by atoms with E-state index in [-0.39, 0.29) is 11.7 Å². The van der Waals surface area contributed by atoms with Crippen molar-refractivity contribution in [1.82, 2.24) is 5.32 Å². The summed E-state index contributed by atoms with van der Waals surface area (Å²) in [7, 11) is 0. The number of halogens is 1. The maximum absolute atomic E-state index is 13.1. The lowest BCUT2D eigenvalue weighted by atomic mass is 10.1. The van der Waals surface area contributed by atoms with Gasteiger partial charge >= 0.3 is 0 Å². The second kappa shape index (κ2) is 6.48. The molecule has 0 bridgehead atoms. The van der Waals surface area contributed by atoms with Crippen molar-refractivity contribution in [3.63, 3.8) is 0 Å². The van der Waals surface area contributed by atoms with Crippen LogP contribution in [0.1, 0.15) is 30.4 Å². The van der Waals surface area contributed by atoms with Crippen LogP contribution in [0.4, 0.5) is 4.39 Å². The summed E-state index contributed by atoms with van der Waals surface area (Å²) in [6.07, 6.45) is 3.76. The molecular formula is C14H17FN2O. The molecule has 0 aromatic heterocycles. The van der Waals surface area contributed by atoms with E-state index in [2.05, 4.69) is 5.32 Å². The van der Waals surface area contributed by atoms with Gasteiger partial charge in [-0.2, -0.15) is 5.26 Å². The normalized spacial score (nSPS) is 19.4. The van der Waals surface area contributed by atoms with Gasteiger partial charge in [0.05, 0.1) is 11.7 Å². The third-order valence-corrected chi connectivity index (χ3v) is 3.13. The van der Waals surface area contributed by atoms with Crippen LogP contribution in [0.3, 0.4) is 0 Å². The summed E-state index contributed by atoms with van der Waals surface area (Å²) in [5.41, 5.74) is 1.02. The summed E-state index contributed by atoms with van der Waals surface area (Å²) < 4.78 is 18.7. The van der Waals surface area contributed by atoms with Crippen molar-refractivity contribution in [3.8, 4) is 6.07 Å². The number of nitriles is 1. The van der Waals surface area contributed by atoms with Gasteiger partial charge < -0.3 is 10.1 Å². The van der Waals surface area contributed by atoms with Crippen molar-refractivity contribution in [2.24, 2.45) is 0 Å². The van der Waals surface area contributed by atoms with E-state index in [9.17, 15) is 4.39 Å². The molecule has 1 aromatic rings. The molecule has 1 aromatic carbocycles. The fourth-order valence-corrected chi connectivity index (χ4v) is 2.11. The van der Waals surface area contributed by atoms with Crippen LogP contribution in [0.2, 0.25) is 0 Å². The van der Waals surface area contributed by atoms with Crippen molar-refractivity contribution >= 4 is 0 Å². The first-order chi connectivity index (χ1) is 8.79. The Hall–Kier alpha value is -1.44. The van der Waals surface area contributed by atoms with Crippen LogP contribution in [0.25, 0.3) is 0 Å². The Bertz CT molecular complexity index is 436. The zero-order chi connectivity index (χ0) is 12.8. The van der Waals surface area contributed by atoms with Crippen molar-refractivity contribution < 1.29 is 9.13 Å². The minimum Gasteiger partial charge on any atom is -0.377 e. The van der Waals surface area contributed by atoms with Gasteiger partial charge in [0.1, 0.15) is 11.9 Å². The Labute approximate surface area is 107 Å². The minimum absolute atomic E-state index is 0.100. The first-order valence-corrected chi connectivity index (χ1v) is 6.30. The van der Waals surface area contributed by atoms with Gasteiger partial charge in [0.15, 0.2) is 0 Å².